The van der Waals surface area contributed by atoms with Crippen LogP contribution in [0.5, 0.6) is 5.88 Å². The lowest BCUT2D eigenvalue weighted by Gasteiger charge is -1.99. The standard InChI is InChI=1S/C14H11N5O2/c1-20-13-3-2-9(7-17-13)5-12-18-14(21-19-12)11-4-10(6-15)8-16-11/h2-4,7-8,16H,5H2,1H3. The SMILES string of the molecule is COc1ccc(Cc2noc(-c3cc(C#N)c[nH]3)n2)cn1. The van der Waals surface area contributed by atoms with E-state index in [9.17, 15) is 0 Å². The molecule has 0 fully saturated rings. The first-order valence-corrected chi connectivity index (χ1v) is 6.19. The van der Waals surface area contributed by atoms with E-state index in [1.807, 2.05) is 12.1 Å². The summed E-state index contributed by atoms with van der Waals surface area (Å²) in [5.74, 6) is 1.46. The summed E-state index contributed by atoms with van der Waals surface area (Å²) in [5.41, 5.74) is 2.09. The lowest BCUT2D eigenvalue weighted by atomic mass is 10.2. The zero-order valence-electron chi connectivity index (χ0n) is 11.2. The van der Waals surface area contributed by atoms with Crippen LogP contribution < -0.4 is 4.74 Å². The van der Waals surface area contributed by atoms with Crippen molar-refractivity contribution in [3.05, 3.63) is 47.5 Å². The number of nitrogens with zero attached hydrogens (tertiary/aromatic N) is 4. The predicted octanol–water partition coefficient (Wildman–Crippen LogP) is 1.93. The van der Waals surface area contributed by atoms with Crippen LogP contribution in [0.15, 0.2) is 35.1 Å². The van der Waals surface area contributed by atoms with E-state index in [1.54, 1.807) is 31.6 Å². The molecule has 0 aliphatic rings. The summed E-state index contributed by atoms with van der Waals surface area (Å²) in [4.78, 5) is 11.3. The molecule has 0 aliphatic carbocycles. The van der Waals surface area contributed by atoms with Gasteiger partial charge in [0.25, 0.3) is 5.89 Å². The van der Waals surface area contributed by atoms with Crippen molar-refractivity contribution in [3.63, 3.8) is 0 Å². The Hall–Kier alpha value is -3.14. The van der Waals surface area contributed by atoms with E-state index in [0.717, 1.165) is 5.56 Å². The summed E-state index contributed by atoms with van der Waals surface area (Å²) < 4.78 is 10.2. The molecule has 0 saturated heterocycles. The first-order valence-electron chi connectivity index (χ1n) is 6.19. The van der Waals surface area contributed by atoms with Gasteiger partial charge in [-0.05, 0) is 11.6 Å². The molecule has 7 nitrogen and oxygen atoms in total. The number of aromatic amines is 1. The van der Waals surface area contributed by atoms with Crippen molar-refractivity contribution in [1.29, 1.82) is 5.26 Å². The lowest BCUT2D eigenvalue weighted by molar-refractivity contribution is 0.397. The highest BCUT2D eigenvalue weighted by atomic mass is 16.5. The van der Waals surface area contributed by atoms with Gasteiger partial charge in [-0.25, -0.2) is 4.98 Å². The molecule has 21 heavy (non-hydrogen) atoms. The Labute approximate surface area is 120 Å². The Morgan fingerprint density at radius 3 is 3.00 bits per heavy atom. The Morgan fingerprint density at radius 2 is 2.33 bits per heavy atom. The van der Waals surface area contributed by atoms with Gasteiger partial charge in [-0.15, -0.1) is 0 Å². The zero-order chi connectivity index (χ0) is 14.7. The van der Waals surface area contributed by atoms with Gasteiger partial charge in [0.15, 0.2) is 5.82 Å². The van der Waals surface area contributed by atoms with E-state index in [0.29, 0.717) is 35.3 Å². The summed E-state index contributed by atoms with van der Waals surface area (Å²) in [5, 5.41) is 12.7. The molecule has 0 amide bonds. The van der Waals surface area contributed by atoms with Crippen LogP contribution >= 0.6 is 0 Å². The molecule has 0 spiro atoms. The predicted molar refractivity (Wildman–Crippen MR) is 72.4 cm³/mol. The molecule has 0 radical (unpaired) electrons. The molecule has 0 aromatic carbocycles. The van der Waals surface area contributed by atoms with Crippen molar-refractivity contribution in [2.45, 2.75) is 6.42 Å². The van der Waals surface area contributed by atoms with Crippen LogP contribution in [-0.4, -0.2) is 27.2 Å². The molecular weight excluding hydrogens is 270 g/mol. The Bertz CT molecular complexity index is 782. The maximum Gasteiger partial charge on any atom is 0.274 e. The minimum atomic E-state index is 0.355. The largest absolute Gasteiger partial charge is 0.481 e. The van der Waals surface area contributed by atoms with Crippen LogP contribution in [0.2, 0.25) is 0 Å². The van der Waals surface area contributed by atoms with Crippen molar-refractivity contribution >= 4 is 0 Å². The minimum Gasteiger partial charge on any atom is -0.481 e. The molecule has 0 aliphatic heterocycles. The molecule has 0 atom stereocenters. The second-order valence-electron chi connectivity index (χ2n) is 4.32. The molecule has 3 aromatic heterocycles. The van der Waals surface area contributed by atoms with Crippen molar-refractivity contribution < 1.29 is 9.26 Å². The second-order valence-corrected chi connectivity index (χ2v) is 4.32. The zero-order valence-corrected chi connectivity index (χ0v) is 11.2. The van der Waals surface area contributed by atoms with Crippen LogP contribution in [0.1, 0.15) is 17.0 Å². The van der Waals surface area contributed by atoms with Gasteiger partial charge < -0.3 is 14.2 Å². The lowest BCUT2D eigenvalue weighted by Crippen LogP contribution is -1.93. The highest BCUT2D eigenvalue weighted by molar-refractivity contribution is 5.51. The van der Waals surface area contributed by atoms with Crippen molar-refractivity contribution in [3.8, 4) is 23.5 Å². The van der Waals surface area contributed by atoms with Crippen molar-refractivity contribution in [2.75, 3.05) is 7.11 Å². The summed E-state index contributed by atoms with van der Waals surface area (Å²) >= 11 is 0. The van der Waals surface area contributed by atoms with Gasteiger partial charge in [0.05, 0.1) is 12.7 Å². The monoisotopic (exact) mass is 281 g/mol. The molecule has 1 N–H and O–H groups in total. The number of nitrogens with one attached hydrogen (secondary N) is 1. The topological polar surface area (TPSA) is 101 Å². The number of hydrogen-bond acceptors (Lipinski definition) is 6. The minimum absolute atomic E-state index is 0.355. The number of ether oxygens (including phenoxy) is 1. The van der Waals surface area contributed by atoms with E-state index < -0.39 is 0 Å². The third-order valence-electron chi connectivity index (χ3n) is 2.88. The fourth-order valence-corrected chi connectivity index (χ4v) is 1.84. The van der Waals surface area contributed by atoms with Gasteiger partial charge in [0.1, 0.15) is 11.8 Å². The molecule has 0 saturated carbocycles. The van der Waals surface area contributed by atoms with E-state index in [-0.39, 0.29) is 0 Å². The fourth-order valence-electron chi connectivity index (χ4n) is 1.84. The van der Waals surface area contributed by atoms with Gasteiger partial charge in [-0.1, -0.05) is 11.2 Å². The number of aromatic nitrogens is 4. The van der Waals surface area contributed by atoms with Crippen LogP contribution in [0.4, 0.5) is 0 Å². The van der Waals surface area contributed by atoms with E-state index in [2.05, 4.69) is 20.1 Å². The number of hydrogen-bond donors (Lipinski definition) is 1. The quantitative estimate of drug-likeness (QED) is 0.784. The number of rotatable bonds is 4. The average molecular weight is 281 g/mol. The highest BCUT2D eigenvalue weighted by Crippen LogP contribution is 2.18. The number of nitriles is 1. The molecule has 0 bridgehead atoms. The maximum atomic E-state index is 8.79. The Balaban J connectivity index is 1.76. The van der Waals surface area contributed by atoms with E-state index in [1.165, 1.54) is 0 Å². The molecule has 104 valence electrons. The molecular formula is C14H11N5O2. The molecule has 0 unspecified atom stereocenters. The highest BCUT2D eigenvalue weighted by Gasteiger charge is 2.11. The van der Waals surface area contributed by atoms with Crippen molar-refractivity contribution in [2.24, 2.45) is 0 Å². The molecule has 3 aromatic rings. The second kappa shape index (κ2) is 5.46. The van der Waals surface area contributed by atoms with Crippen LogP contribution in [0.25, 0.3) is 11.6 Å². The number of pyridine rings is 1. The van der Waals surface area contributed by atoms with Gasteiger partial charge in [0, 0.05) is 24.9 Å². The van der Waals surface area contributed by atoms with E-state index >= 15 is 0 Å². The summed E-state index contributed by atoms with van der Waals surface area (Å²) in [6, 6.07) is 7.36. The van der Waals surface area contributed by atoms with Crippen LogP contribution in [-0.2, 0) is 6.42 Å². The Morgan fingerprint density at radius 1 is 1.43 bits per heavy atom. The van der Waals surface area contributed by atoms with Gasteiger partial charge in [-0.2, -0.15) is 10.2 Å². The van der Waals surface area contributed by atoms with Gasteiger partial charge in [-0.3, -0.25) is 0 Å². The van der Waals surface area contributed by atoms with Gasteiger partial charge in [0.2, 0.25) is 5.88 Å². The number of methoxy groups -OCH3 is 1. The first kappa shape index (κ1) is 12.9. The van der Waals surface area contributed by atoms with Gasteiger partial charge >= 0.3 is 0 Å². The summed E-state index contributed by atoms with van der Waals surface area (Å²) in [6.07, 6.45) is 3.80. The fraction of sp³-hybridized carbons (Fsp3) is 0.143. The van der Waals surface area contributed by atoms with Crippen LogP contribution in [0, 0.1) is 11.3 Å². The first-order chi connectivity index (χ1) is 10.3. The summed E-state index contributed by atoms with van der Waals surface area (Å²) in [7, 11) is 1.57. The smallest absolute Gasteiger partial charge is 0.274 e. The Kier molecular flexibility index (Phi) is 3.35. The number of H-pyrrole nitrogens is 1. The van der Waals surface area contributed by atoms with E-state index in [4.69, 9.17) is 14.5 Å². The third kappa shape index (κ3) is 2.74. The normalized spacial score (nSPS) is 10.3. The molecule has 7 heteroatoms. The molecule has 3 heterocycles. The van der Waals surface area contributed by atoms with Crippen LogP contribution in [0.3, 0.4) is 0 Å². The third-order valence-corrected chi connectivity index (χ3v) is 2.88. The molecule has 3 rings (SSSR count). The maximum absolute atomic E-state index is 8.79. The van der Waals surface area contributed by atoms with Crippen molar-refractivity contribution in [1.82, 2.24) is 20.1 Å². The average Bonchev–Trinajstić information content (AvgIpc) is 3.16. The summed E-state index contributed by atoms with van der Waals surface area (Å²) in [6.45, 7) is 0.